The van der Waals surface area contributed by atoms with Crippen molar-refractivity contribution in [1.82, 2.24) is 0 Å². The third kappa shape index (κ3) is 2.25. The average Bonchev–Trinajstić information content (AvgIpc) is 1.96. The molecule has 0 atom stereocenters. The van der Waals surface area contributed by atoms with E-state index in [0.29, 0.717) is 5.75 Å². The first kappa shape index (κ1) is 10.1. The number of ether oxygens (including phenoxy) is 1. The van der Waals surface area contributed by atoms with Crippen molar-refractivity contribution < 1.29 is 4.74 Å². The maximum absolute atomic E-state index is 5.01. The summed E-state index contributed by atoms with van der Waals surface area (Å²) in [5, 5.41) is 0. The fourth-order valence-electron chi connectivity index (χ4n) is 0.685. The zero-order chi connectivity index (χ0) is 9.14. The van der Waals surface area contributed by atoms with Crippen LogP contribution in [0.25, 0.3) is 0 Å². The Morgan fingerprint density at radius 3 is 2.08 bits per heavy atom. The molecule has 0 spiro atoms. The Kier molecular flexibility index (Phi) is 3.63. The van der Waals surface area contributed by atoms with E-state index in [4.69, 9.17) is 11.2 Å². The predicted octanol–water partition coefficient (Wildman–Crippen LogP) is 3.94. The van der Waals surface area contributed by atoms with Crippen LogP contribution in [0, 0.1) is 12.5 Å². The number of hydrogen-bond donors (Lipinski definition) is 0. The van der Waals surface area contributed by atoms with E-state index in [1.54, 1.807) is 0 Å². The van der Waals surface area contributed by atoms with Gasteiger partial charge in [-0.15, -0.1) is 0 Å². The Bertz CT molecular complexity index is 318. The van der Waals surface area contributed by atoms with E-state index in [1.165, 1.54) is 0 Å². The number of benzene rings is 1. The van der Waals surface area contributed by atoms with E-state index in [0.717, 1.165) is 13.4 Å². The highest BCUT2D eigenvalue weighted by molar-refractivity contribution is 9.11. The Morgan fingerprint density at radius 1 is 1.17 bits per heavy atom. The molecule has 1 rings (SSSR count). The molecule has 0 aliphatic rings. The first-order valence-electron chi connectivity index (χ1n) is 2.92. The van der Waals surface area contributed by atoms with Gasteiger partial charge in [0, 0.05) is 4.47 Å². The molecular weight excluding hydrogens is 352 g/mol. The van der Waals surface area contributed by atoms with E-state index >= 15 is 0 Å². The molecular formula is C8H3Br3O. The summed E-state index contributed by atoms with van der Waals surface area (Å²) in [5.41, 5.74) is 0. The third-order valence-electron chi connectivity index (χ3n) is 1.12. The van der Waals surface area contributed by atoms with Gasteiger partial charge in [-0.05, 0) is 44.0 Å². The van der Waals surface area contributed by atoms with Gasteiger partial charge in [0.1, 0.15) is 6.11 Å². The summed E-state index contributed by atoms with van der Waals surface area (Å²) in [4.78, 5) is 0. The molecule has 1 aromatic rings. The highest BCUT2D eigenvalue weighted by Gasteiger charge is 2.06. The molecule has 4 heteroatoms. The maximum Gasteiger partial charge on any atom is 0.168 e. The van der Waals surface area contributed by atoms with E-state index in [2.05, 4.69) is 53.9 Å². The molecule has 0 saturated heterocycles. The zero-order valence-electron chi connectivity index (χ0n) is 5.77. The van der Waals surface area contributed by atoms with Crippen molar-refractivity contribution in [2.75, 3.05) is 0 Å². The molecule has 1 nitrogen and oxygen atoms in total. The van der Waals surface area contributed by atoms with Gasteiger partial charge in [-0.25, -0.2) is 0 Å². The molecule has 12 heavy (non-hydrogen) atoms. The minimum atomic E-state index is 0.612. The van der Waals surface area contributed by atoms with Crippen LogP contribution >= 0.6 is 47.8 Å². The molecule has 0 saturated carbocycles. The van der Waals surface area contributed by atoms with Crippen molar-refractivity contribution in [2.45, 2.75) is 0 Å². The van der Waals surface area contributed by atoms with Gasteiger partial charge in [0.25, 0.3) is 0 Å². The molecule has 0 aromatic heterocycles. The van der Waals surface area contributed by atoms with Crippen molar-refractivity contribution in [2.24, 2.45) is 0 Å². The van der Waals surface area contributed by atoms with Crippen LogP contribution in [0.1, 0.15) is 0 Å². The second-order valence-electron chi connectivity index (χ2n) is 1.92. The van der Waals surface area contributed by atoms with Crippen LogP contribution < -0.4 is 4.74 Å². The van der Waals surface area contributed by atoms with Crippen LogP contribution in [-0.2, 0) is 0 Å². The Morgan fingerprint density at radius 2 is 1.67 bits per heavy atom. The molecule has 0 unspecified atom stereocenters. The fraction of sp³-hybridized carbons (Fsp3) is 0. The smallest absolute Gasteiger partial charge is 0.168 e. The van der Waals surface area contributed by atoms with Crippen molar-refractivity contribution in [3.63, 3.8) is 0 Å². The molecule has 0 heterocycles. The lowest BCUT2D eigenvalue weighted by Crippen LogP contribution is -1.85. The second kappa shape index (κ2) is 4.31. The average molecular weight is 355 g/mol. The van der Waals surface area contributed by atoms with Crippen LogP contribution in [0.4, 0.5) is 0 Å². The number of rotatable bonds is 1. The molecule has 0 radical (unpaired) electrons. The Hall–Kier alpha value is 0.0200. The lowest BCUT2D eigenvalue weighted by molar-refractivity contribution is 0.514. The summed E-state index contributed by atoms with van der Waals surface area (Å²) >= 11 is 9.97. The van der Waals surface area contributed by atoms with Gasteiger partial charge in [0.05, 0.1) is 8.95 Å². The predicted molar refractivity (Wildman–Crippen MR) is 59.0 cm³/mol. The normalized spacial score (nSPS) is 9.17. The van der Waals surface area contributed by atoms with Gasteiger partial charge >= 0.3 is 0 Å². The standard InChI is InChI=1S/C8H3Br3O/c1-2-12-8-6(10)3-5(9)4-7(8)11/h1,3-4H. The van der Waals surface area contributed by atoms with Crippen molar-refractivity contribution >= 4 is 47.8 Å². The third-order valence-corrected chi connectivity index (χ3v) is 2.76. The summed E-state index contributed by atoms with van der Waals surface area (Å²) in [6, 6.07) is 3.72. The van der Waals surface area contributed by atoms with Gasteiger partial charge in [-0.1, -0.05) is 22.4 Å². The van der Waals surface area contributed by atoms with Gasteiger partial charge in [-0.3, -0.25) is 0 Å². The minimum absolute atomic E-state index is 0.612. The number of hydrogen-bond acceptors (Lipinski definition) is 1. The lowest BCUT2D eigenvalue weighted by Gasteiger charge is -2.03. The summed E-state index contributed by atoms with van der Waals surface area (Å²) in [7, 11) is 0. The van der Waals surface area contributed by atoms with Gasteiger partial charge < -0.3 is 4.74 Å². The summed E-state index contributed by atoms with van der Waals surface area (Å²) < 4.78 is 7.50. The lowest BCUT2D eigenvalue weighted by atomic mass is 10.3. The van der Waals surface area contributed by atoms with Gasteiger partial charge in [-0.2, -0.15) is 0 Å². The SMILES string of the molecule is C#COc1c(Br)cc(Br)cc1Br. The van der Waals surface area contributed by atoms with Crippen LogP contribution in [0.15, 0.2) is 25.6 Å². The molecule has 0 amide bonds. The number of terminal acetylenes is 1. The van der Waals surface area contributed by atoms with Gasteiger partial charge in [0.15, 0.2) is 5.75 Å². The molecule has 62 valence electrons. The highest BCUT2D eigenvalue weighted by Crippen LogP contribution is 2.36. The van der Waals surface area contributed by atoms with Crippen LogP contribution in [-0.4, -0.2) is 0 Å². The highest BCUT2D eigenvalue weighted by atomic mass is 79.9. The monoisotopic (exact) mass is 352 g/mol. The summed E-state index contributed by atoms with van der Waals surface area (Å²) in [5.74, 6) is 0.612. The quantitative estimate of drug-likeness (QED) is 0.694. The van der Waals surface area contributed by atoms with Crippen LogP contribution in [0.2, 0.25) is 0 Å². The topological polar surface area (TPSA) is 9.23 Å². The molecule has 1 aromatic carbocycles. The molecule has 0 N–H and O–H groups in total. The Balaban J connectivity index is 3.21. The van der Waals surface area contributed by atoms with E-state index < -0.39 is 0 Å². The van der Waals surface area contributed by atoms with Crippen LogP contribution in [0.3, 0.4) is 0 Å². The second-order valence-corrected chi connectivity index (χ2v) is 4.54. The largest absolute Gasteiger partial charge is 0.405 e. The number of halogens is 3. The van der Waals surface area contributed by atoms with Crippen molar-refractivity contribution in [1.29, 1.82) is 0 Å². The minimum Gasteiger partial charge on any atom is -0.405 e. The molecule has 0 bridgehead atoms. The van der Waals surface area contributed by atoms with Crippen molar-refractivity contribution in [3.8, 4) is 18.3 Å². The first-order chi connectivity index (χ1) is 5.65. The van der Waals surface area contributed by atoms with E-state index in [9.17, 15) is 0 Å². The fourth-order valence-corrected chi connectivity index (χ4v) is 3.11. The van der Waals surface area contributed by atoms with Crippen LogP contribution in [0.5, 0.6) is 5.75 Å². The van der Waals surface area contributed by atoms with E-state index in [-0.39, 0.29) is 0 Å². The molecule has 0 aliphatic carbocycles. The van der Waals surface area contributed by atoms with Gasteiger partial charge in [0.2, 0.25) is 0 Å². The maximum atomic E-state index is 5.01. The van der Waals surface area contributed by atoms with E-state index in [1.807, 2.05) is 12.1 Å². The Labute approximate surface area is 95.9 Å². The summed E-state index contributed by atoms with van der Waals surface area (Å²) in [6.07, 6.45) is 7.12. The zero-order valence-corrected chi connectivity index (χ0v) is 10.5. The summed E-state index contributed by atoms with van der Waals surface area (Å²) in [6.45, 7) is 0. The molecule has 0 aliphatic heterocycles. The van der Waals surface area contributed by atoms with Crippen molar-refractivity contribution in [3.05, 3.63) is 25.6 Å². The first-order valence-corrected chi connectivity index (χ1v) is 5.30. The molecule has 0 fully saturated rings.